The number of aliphatic hydroxyl groups is 1. The number of hydrogen-bond donors (Lipinski definition) is 2. The molecule has 0 amide bonds. The first kappa shape index (κ1) is 21.2. The van der Waals surface area contributed by atoms with Gasteiger partial charge in [0.2, 0.25) is 0 Å². The van der Waals surface area contributed by atoms with E-state index in [0.29, 0.717) is 24.1 Å². The number of ether oxygens (including phenoxy) is 2. The van der Waals surface area contributed by atoms with Crippen molar-refractivity contribution in [3.8, 4) is 11.5 Å². The Morgan fingerprint density at radius 3 is 2.56 bits per heavy atom. The third-order valence-corrected chi connectivity index (χ3v) is 4.49. The molecule has 0 aliphatic carbocycles. The number of aromatic nitrogens is 2. The van der Waals surface area contributed by atoms with Gasteiger partial charge in [-0.25, -0.2) is 0 Å². The molecule has 0 saturated carbocycles. The van der Waals surface area contributed by atoms with Crippen molar-refractivity contribution in [2.45, 2.75) is 39.1 Å². The van der Waals surface area contributed by atoms with Gasteiger partial charge in [0.25, 0.3) is 0 Å². The molecule has 0 fully saturated rings. The fourth-order valence-corrected chi connectivity index (χ4v) is 2.74. The number of likely N-dealkylation sites (N-methyl/N-ethyl adjacent to an activating group) is 1. The van der Waals surface area contributed by atoms with E-state index in [1.165, 1.54) is 0 Å². The summed E-state index contributed by atoms with van der Waals surface area (Å²) < 4.78 is 11.3. The molecule has 0 bridgehead atoms. The first-order valence-corrected chi connectivity index (χ1v) is 9.23. The molecule has 2 rings (SSSR count). The summed E-state index contributed by atoms with van der Waals surface area (Å²) in [4.78, 5) is 4.28. The molecule has 0 radical (unpaired) electrons. The second kappa shape index (κ2) is 10.3. The van der Waals surface area contributed by atoms with E-state index in [1.807, 2.05) is 31.3 Å². The fourth-order valence-electron chi connectivity index (χ4n) is 2.74. The van der Waals surface area contributed by atoms with Crippen LogP contribution in [-0.2, 0) is 13.1 Å². The summed E-state index contributed by atoms with van der Waals surface area (Å²) in [5.74, 6) is 1.32. The monoisotopic (exact) mass is 376 g/mol. The van der Waals surface area contributed by atoms with Crippen molar-refractivity contribution < 1.29 is 14.6 Å². The van der Waals surface area contributed by atoms with E-state index in [9.17, 15) is 5.11 Å². The average Bonchev–Trinajstić information content (AvgIpc) is 3.13. The highest BCUT2D eigenvalue weighted by atomic mass is 16.5. The Morgan fingerprint density at radius 1 is 1.15 bits per heavy atom. The van der Waals surface area contributed by atoms with Gasteiger partial charge in [0.1, 0.15) is 12.7 Å². The number of H-pyrrole nitrogens is 1. The summed E-state index contributed by atoms with van der Waals surface area (Å²) in [6, 6.07) is 8.25. The lowest BCUT2D eigenvalue weighted by Gasteiger charge is -2.24. The smallest absolute Gasteiger partial charge is 0.161 e. The molecule has 7 heteroatoms. The van der Waals surface area contributed by atoms with Crippen LogP contribution in [0.5, 0.6) is 11.5 Å². The third kappa shape index (κ3) is 6.86. The summed E-state index contributed by atoms with van der Waals surface area (Å²) in [7, 11) is 5.67. The Morgan fingerprint density at radius 2 is 1.93 bits per heavy atom. The van der Waals surface area contributed by atoms with Crippen LogP contribution in [0.2, 0.25) is 0 Å². The average molecular weight is 377 g/mol. The number of methoxy groups -OCH3 is 1. The molecule has 0 saturated heterocycles. The van der Waals surface area contributed by atoms with Crippen LogP contribution in [0.1, 0.15) is 25.1 Å². The molecular formula is C20H32N4O3. The zero-order valence-corrected chi connectivity index (χ0v) is 17.0. The minimum absolute atomic E-state index is 0.229. The number of benzene rings is 1. The molecule has 27 heavy (non-hydrogen) atoms. The number of hydrogen-bond acceptors (Lipinski definition) is 6. The molecule has 2 N–H and O–H groups in total. The van der Waals surface area contributed by atoms with E-state index in [1.54, 1.807) is 13.3 Å². The summed E-state index contributed by atoms with van der Waals surface area (Å²) in [5, 5.41) is 17.1. The second-order valence-corrected chi connectivity index (χ2v) is 7.24. The lowest BCUT2D eigenvalue weighted by Crippen LogP contribution is -2.36. The molecule has 1 aromatic heterocycles. The molecule has 0 unspecified atom stereocenters. The van der Waals surface area contributed by atoms with E-state index >= 15 is 0 Å². The number of aromatic amines is 1. The Balaban J connectivity index is 1.91. The molecule has 0 aliphatic heterocycles. The summed E-state index contributed by atoms with van der Waals surface area (Å²) in [6.07, 6.45) is 1.20. The van der Waals surface area contributed by atoms with Crippen molar-refractivity contribution in [3.63, 3.8) is 0 Å². The van der Waals surface area contributed by atoms with Crippen LogP contribution < -0.4 is 9.47 Å². The van der Waals surface area contributed by atoms with E-state index in [2.05, 4.69) is 40.9 Å². The van der Waals surface area contributed by atoms with Gasteiger partial charge in [-0.2, -0.15) is 5.10 Å². The van der Waals surface area contributed by atoms with Gasteiger partial charge in [-0.3, -0.25) is 10.00 Å². The first-order valence-electron chi connectivity index (χ1n) is 9.23. The zero-order valence-electron chi connectivity index (χ0n) is 17.0. The van der Waals surface area contributed by atoms with E-state index in [0.717, 1.165) is 24.3 Å². The highest BCUT2D eigenvalue weighted by Crippen LogP contribution is 2.28. The molecule has 2 aromatic rings. The Hall–Kier alpha value is -2.09. The molecule has 7 nitrogen and oxygen atoms in total. The van der Waals surface area contributed by atoms with Crippen molar-refractivity contribution in [2.24, 2.45) is 0 Å². The fraction of sp³-hybridized carbons (Fsp3) is 0.550. The Kier molecular flexibility index (Phi) is 8.09. The number of nitrogens with one attached hydrogen (secondary N) is 1. The van der Waals surface area contributed by atoms with Crippen LogP contribution in [0.4, 0.5) is 0 Å². The van der Waals surface area contributed by atoms with Gasteiger partial charge in [-0.15, -0.1) is 0 Å². The van der Waals surface area contributed by atoms with Crippen molar-refractivity contribution in [2.75, 3.05) is 34.4 Å². The number of nitrogens with zero attached hydrogens (tertiary/aromatic N) is 3. The van der Waals surface area contributed by atoms with E-state index < -0.39 is 6.10 Å². The minimum Gasteiger partial charge on any atom is -0.493 e. The lowest BCUT2D eigenvalue weighted by molar-refractivity contribution is 0.0668. The van der Waals surface area contributed by atoms with Gasteiger partial charge in [-0.1, -0.05) is 6.07 Å². The predicted octanol–water partition coefficient (Wildman–Crippen LogP) is 2.13. The molecule has 1 heterocycles. The lowest BCUT2D eigenvalue weighted by atomic mass is 10.2. The minimum atomic E-state index is -0.553. The van der Waals surface area contributed by atoms with Crippen LogP contribution >= 0.6 is 0 Å². The van der Waals surface area contributed by atoms with Gasteiger partial charge in [0.05, 0.1) is 7.11 Å². The second-order valence-electron chi connectivity index (χ2n) is 7.24. The zero-order chi connectivity index (χ0) is 19.8. The van der Waals surface area contributed by atoms with Crippen molar-refractivity contribution in [3.05, 3.63) is 41.7 Å². The molecule has 0 spiro atoms. The Bertz CT molecular complexity index is 676. The molecule has 0 aliphatic rings. The van der Waals surface area contributed by atoms with E-state index in [4.69, 9.17) is 9.47 Å². The first-order chi connectivity index (χ1) is 12.9. The predicted molar refractivity (Wildman–Crippen MR) is 106 cm³/mol. The maximum absolute atomic E-state index is 10.2. The largest absolute Gasteiger partial charge is 0.493 e. The standard InChI is InChI=1S/C20H32N4O3/c1-15(2)24(4)13-18(25)14-27-19-7-6-16(10-20(19)26-5)11-23(3)12-17-8-9-21-22-17/h6-10,15,18,25H,11-14H2,1-5H3,(H,21,22)/t18-/m0/s1. The van der Waals surface area contributed by atoms with Crippen LogP contribution in [0.15, 0.2) is 30.5 Å². The molecular weight excluding hydrogens is 344 g/mol. The van der Waals surface area contributed by atoms with Crippen LogP contribution in [-0.4, -0.2) is 71.6 Å². The van der Waals surface area contributed by atoms with Gasteiger partial charge in [0, 0.05) is 37.6 Å². The Labute approximate surface area is 161 Å². The highest BCUT2D eigenvalue weighted by molar-refractivity contribution is 5.43. The van der Waals surface area contributed by atoms with Crippen molar-refractivity contribution in [1.29, 1.82) is 0 Å². The quantitative estimate of drug-likeness (QED) is 0.626. The third-order valence-electron chi connectivity index (χ3n) is 4.49. The molecule has 150 valence electrons. The normalized spacial score (nSPS) is 12.8. The molecule has 1 atom stereocenters. The summed E-state index contributed by atoms with van der Waals surface area (Å²) in [6.45, 7) is 6.55. The van der Waals surface area contributed by atoms with Gasteiger partial charge >= 0.3 is 0 Å². The topological polar surface area (TPSA) is 73.8 Å². The SMILES string of the molecule is COc1cc(CN(C)Cc2ccn[nH]2)ccc1OC[C@@H](O)CN(C)C(C)C. The van der Waals surface area contributed by atoms with Crippen LogP contribution in [0.3, 0.4) is 0 Å². The summed E-state index contributed by atoms with van der Waals surface area (Å²) in [5.41, 5.74) is 2.20. The van der Waals surface area contributed by atoms with Gasteiger partial charge < -0.3 is 19.5 Å². The van der Waals surface area contributed by atoms with Gasteiger partial charge in [-0.05, 0) is 51.7 Å². The van der Waals surface area contributed by atoms with Crippen molar-refractivity contribution in [1.82, 2.24) is 20.0 Å². The van der Waals surface area contributed by atoms with Crippen LogP contribution in [0, 0.1) is 0 Å². The van der Waals surface area contributed by atoms with Crippen LogP contribution in [0.25, 0.3) is 0 Å². The highest BCUT2D eigenvalue weighted by Gasteiger charge is 2.14. The maximum Gasteiger partial charge on any atom is 0.161 e. The maximum atomic E-state index is 10.2. The summed E-state index contributed by atoms with van der Waals surface area (Å²) >= 11 is 0. The van der Waals surface area contributed by atoms with E-state index in [-0.39, 0.29) is 6.61 Å². The number of aliphatic hydroxyl groups excluding tert-OH is 1. The van der Waals surface area contributed by atoms with Gasteiger partial charge in [0.15, 0.2) is 11.5 Å². The van der Waals surface area contributed by atoms with Crippen molar-refractivity contribution >= 4 is 0 Å². The molecule has 1 aromatic carbocycles. The number of rotatable bonds is 11.